The van der Waals surface area contributed by atoms with Crippen LogP contribution in [0.2, 0.25) is 0 Å². The minimum Gasteiger partial charge on any atom is -0.344 e. The molecule has 0 aliphatic heterocycles. The van der Waals surface area contributed by atoms with Gasteiger partial charge in [-0.3, -0.25) is 0 Å². The summed E-state index contributed by atoms with van der Waals surface area (Å²) < 4.78 is 27.6. The molecular formula is C49H64NO3PS. The van der Waals surface area contributed by atoms with Crippen LogP contribution in [0.1, 0.15) is 146 Å². The van der Waals surface area contributed by atoms with Gasteiger partial charge in [-0.25, -0.2) is 0 Å². The topological polar surface area (TPSA) is 56.1 Å². The molecule has 1 aromatic heterocycles. The number of aryl methyl sites for hydroxylation is 2. The van der Waals surface area contributed by atoms with E-state index < -0.39 is 10.6 Å². The molecule has 0 bridgehead atoms. The third-order valence-corrected chi connectivity index (χ3v) is 15.4. The van der Waals surface area contributed by atoms with Crippen molar-refractivity contribution in [2.24, 2.45) is 7.05 Å². The molecule has 0 atom stereocenters. The fourth-order valence-corrected chi connectivity index (χ4v) is 12.9. The van der Waals surface area contributed by atoms with Crippen LogP contribution in [0.15, 0.2) is 91.0 Å². The van der Waals surface area contributed by atoms with Crippen LogP contribution in [0.25, 0.3) is 33.3 Å². The number of rotatable bonds is 8. The average molecular weight is 778 g/mol. The molecule has 2 aliphatic carbocycles. The van der Waals surface area contributed by atoms with Gasteiger partial charge in [0.25, 0.3) is 0 Å². The molecule has 7 rings (SSSR count). The molecule has 2 fully saturated rings. The van der Waals surface area contributed by atoms with Crippen LogP contribution >= 0.6 is 7.92 Å². The van der Waals surface area contributed by atoms with E-state index in [0.29, 0.717) is 17.8 Å². The van der Waals surface area contributed by atoms with Crippen LogP contribution in [-0.4, -0.2) is 28.5 Å². The molecule has 55 heavy (non-hydrogen) atoms. The van der Waals surface area contributed by atoms with Gasteiger partial charge in [0.2, 0.25) is 0 Å². The molecule has 2 aliphatic rings. The van der Waals surface area contributed by atoms with Crippen LogP contribution in [0.4, 0.5) is 0 Å². The maximum atomic E-state index is 8.44. The molecule has 294 valence electrons. The SMILES string of the molecule is CC(C)c1cc(C(C)C)c(-c2ccccc2P(C2CCCCC2)C2CCCCC2)c(C(C)C)c1.Cc1ccccc1-c1cc2ccccc2n1C.O=S(=O)=O. The van der Waals surface area contributed by atoms with Gasteiger partial charge >= 0.3 is 10.6 Å². The van der Waals surface area contributed by atoms with Crippen LogP contribution < -0.4 is 5.30 Å². The van der Waals surface area contributed by atoms with E-state index in [1.807, 2.05) is 0 Å². The minimum atomic E-state index is -3.11. The highest BCUT2D eigenvalue weighted by atomic mass is 32.2. The monoisotopic (exact) mass is 777 g/mol. The molecule has 0 saturated heterocycles. The second-order valence-corrected chi connectivity index (χ2v) is 19.9. The van der Waals surface area contributed by atoms with Crippen molar-refractivity contribution in [3.05, 3.63) is 113 Å². The summed E-state index contributed by atoms with van der Waals surface area (Å²) in [6.45, 7) is 16.5. The summed E-state index contributed by atoms with van der Waals surface area (Å²) in [7, 11) is -1.10. The summed E-state index contributed by atoms with van der Waals surface area (Å²) in [5.41, 5.74) is 14.9. The number of benzene rings is 4. The first-order chi connectivity index (χ1) is 26.4. The van der Waals surface area contributed by atoms with Gasteiger partial charge in [-0.1, -0.05) is 167 Å². The summed E-state index contributed by atoms with van der Waals surface area (Å²) in [6.07, 6.45) is 14.6. The van der Waals surface area contributed by atoms with Gasteiger partial charge in [-0.05, 0) is 112 Å². The number of aromatic nitrogens is 1. The van der Waals surface area contributed by atoms with Gasteiger partial charge < -0.3 is 4.57 Å². The Kier molecular flexibility index (Phi) is 15.5. The molecule has 1 heterocycles. The van der Waals surface area contributed by atoms with Crippen molar-refractivity contribution in [3.8, 4) is 22.4 Å². The second kappa shape index (κ2) is 20.1. The van der Waals surface area contributed by atoms with Crippen LogP contribution in [0.5, 0.6) is 0 Å². The highest BCUT2D eigenvalue weighted by Crippen LogP contribution is 2.57. The third-order valence-electron chi connectivity index (χ3n) is 11.9. The zero-order valence-corrected chi connectivity index (χ0v) is 36.4. The van der Waals surface area contributed by atoms with Gasteiger partial charge in [-0.15, -0.1) is 12.6 Å². The number of hydrogen-bond donors (Lipinski definition) is 0. The van der Waals surface area contributed by atoms with Crippen LogP contribution in [0.3, 0.4) is 0 Å². The molecule has 4 aromatic carbocycles. The number of fused-ring (bicyclic) bond motifs is 1. The van der Waals surface area contributed by atoms with Crippen molar-refractivity contribution in [2.75, 3.05) is 0 Å². The van der Waals surface area contributed by atoms with Crippen LogP contribution in [-0.2, 0) is 17.7 Å². The summed E-state index contributed by atoms with van der Waals surface area (Å²) in [6, 6.07) is 34.1. The van der Waals surface area contributed by atoms with Crippen molar-refractivity contribution < 1.29 is 12.6 Å². The van der Waals surface area contributed by atoms with Gasteiger partial charge in [0.15, 0.2) is 0 Å². The Morgan fingerprint density at radius 3 is 1.56 bits per heavy atom. The zero-order chi connectivity index (χ0) is 39.6. The van der Waals surface area contributed by atoms with Crippen molar-refractivity contribution in [3.63, 3.8) is 0 Å². The molecule has 6 heteroatoms. The quantitative estimate of drug-likeness (QED) is 0.147. The van der Waals surface area contributed by atoms with E-state index in [4.69, 9.17) is 12.6 Å². The Hall–Kier alpha value is -3.53. The van der Waals surface area contributed by atoms with Crippen molar-refractivity contribution in [1.82, 2.24) is 4.57 Å². The first-order valence-corrected chi connectivity index (χ1v) is 23.3. The Morgan fingerprint density at radius 1 is 0.600 bits per heavy atom. The van der Waals surface area contributed by atoms with Gasteiger partial charge in [0, 0.05) is 29.2 Å². The lowest BCUT2D eigenvalue weighted by Gasteiger charge is -2.40. The van der Waals surface area contributed by atoms with E-state index >= 15 is 0 Å². The normalized spacial score (nSPS) is 15.3. The molecule has 0 unspecified atom stereocenters. The molecule has 5 aromatic rings. The van der Waals surface area contributed by atoms with Crippen molar-refractivity contribution in [2.45, 2.75) is 142 Å². The summed E-state index contributed by atoms with van der Waals surface area (Å²) >= 11 is 0. The zero-order valence-electron chi connectivity index (χ0n) is 34.6. The smallest absolute Gasteiger partial charge is 0.344 e. The van der Waals surface area contributed by atoms with E-state index in [9.17, 15) is 0 Å². The molecule has 2 saturated carbocycles. The fraction of sp³-hybridized carbons (Fsp3) is 0.469. The molecule has 4 nitrogen and oxygen atoms in total. The second-order valence-electron chi connectivity index (χ2n) is 16.7. The van der Waals surface area contributed by atoms with E-state index in [-0.39, 0.29) is 7.92 Å². The van der Waals surface area contributed by atoms with E-state index in [1.54, 1.807) is 27.6 Å². The Balaban J connectivity index is 0.000000228. The van der Waals surface area contributed by atoms with Gasteiger partial charge in [0.05, 0.1) is 0 Å². The predicted octanol–water partition coefficient (Wildman–Crippen LogP) is 13.6. The summed E-state index contributed by atoms with van der Waals surface area (Å²) in [4.78, 5) is 0. The maximum absolute atomic E-state index is 8.44. The van der Waals surface area contributed by atoms with Crippen LogP contribution in [0, 0.1) is 6.92 Å². The summed E-state index contributed by atoms with van der Waals surface area (Å²) in [5, 5.41) is 3.05. The largest absolute Gasteiger partial charge is 0.425 e. The standard InChI is InChI=1S/C33H49P.C16H15N.O3S/c1-23(2)26-21-30(24(3)4)33(31(22-26)25(5)6)29-19-13-14-20-32(29)34(27-15-9-7-10-16-27)28-17-11-8-12-18-28;1-12-7-3-5-9-14(12)16-11-13-8-4-6-10-15(13)17(16)2;1-4(2)3/h13-14,19-25,27-28H,7-12,15-18H2,1-6H3;3-11H,1-2H3;. The lowest BCUT2D eigenvalue weighted by Crippen LogP contribution is -2.27. The third kappa shape index (κ3) is 10.7. The summed E-state index contributed by atoms with van der Waals surface area (Å²) in [5.74, 6) is 1.64. The first-order valence-electron chi connectivity index (χ1n) is 20.8. The Bertz CT molecular complexity index is 2070. The minimum absolute atomic E-state index is 0.120. The average Bonchev–Trinajstić information content (AvgIpc) is 3.51. The first kappa shape index (κ1) is 42.6. The lowest BCUT2D eigenvalue weighted by molar-refractivity contribution is 0.487. The lowest BCUT2D eigenvalue weighted by atomic mass is 9.82. The van der Waals surface area contributed by atoms with Crippen molar-refractivity contribution >= 4 is 34.7 Å². The van der Waals surface area contributed by atoms with E-state index in [2.05, 4.69) is 151 Å². The Labute approximate surface area is 335 Å². The van der Waals surface area contributed by atoms with E-state index in [0.717, 1.165) is 11.3 Å². The fourth-order valence-electron chi connectivity index (χ4n) is 8.99. The maximum Gasteiger partial charge on any atom is 0.425 e. The highest BCUT2D eigenvalue weighted by molar-refractivity contribution is 7.67. The molecule has 0 N–H and O–H groups in total. The Morgan fingerprint density at radius 2 is 1.07 bits per heavy atom. The molecular weight excluding hydrogens is 714 g/mol. The van der Waals surface area contributed by atoms with Gasteiger partial charge in [0.1, 0.15) is 0 Å². The molecule has 0 spiro atoms. The van der Waals surface area contributed by atoms with Gasteiger partial charge in [-0.2, -0.15) is 0 Å². The van der Waals surface area contributed by atoms with Crippen molar-refractivity contribution in [1.29, 1.82) is 0 Å². The highest BCUT2D eigenvalue weighted by Gasteiger charge is 2.34. The predicted molar refractivity (Wildman–Crippen MR) is 237 cm³/mol. The van der Waals surface area contributed by atoms with E-state index in [1.165, 1.54) is 97.5 Å². The molecule has 0 amide bonds. The number of hydrogen-bond acceptors (Lipinski definition) is 3. The number of nitrogens with zero attached hydrogens (tertiary/aromatic N) is 1. The number of para-hydroxylation sites is 1. The molecule has 0 radical (unpaired) electrons.